The summed E-state index contributed by atoms with van der Waals surface area (Å²) in [6.45, 7) is -0.143. The molecule has 6 rings (SSSR count). The average Bonchev–Trinajstić information content (AvgIpc) is 4.10. The van der Waals surface area contributed by atoms with Crippen molar-refractivity contribution < 1.29 is 98.7 Å². The molecular formula is C46H45ClF10N7O12PS2. The van der Waals surface area contributed by atoms with Gasteiger partial charge in [0, 0.05) is 47.8 Å². The summed E-state index contributed by atoms with van der Waals surface area (Å²) in [6.07, 6.45) is -12.1. The number of anilines is 1. The fraction of sp³-hybridized carbons (Fsp3) is 0.435. The molecule has 19 nitrogen and oxygen atoms in total. The Kier molecular flexibility index (Phi) is 17.6. The lowest BCUT2D eigenvalue weighted by molar-refractivity contribution is -0.151. The van der Waals surface area contributed by atoms with Crippen molar-refractivity contribution in [2.75, 3.05) is 23.6 Å². The number of halogens is 11. The molecule has 0 unspecified atom stereocenters. The van der Waals surface area contributed by atoms with E-state index in [1.165, 1.54) is 13.8 Å². The molecule has 3 atom stereocenters. The zero-order valence-electron chi connectivity index (χ0n) is 41.8. The number of hydrogen-bond acceptors (Lipinski definition) is 13. The number of sulfone groups is 1. The van der Waals surface area contributed by atoms with Gasteiger partial charge in [-0.1, -0.05) is 37.4 Å². The van der Waals surface area contributed by atoms with Gasteiger partial charge in [0.05, 0.1) is 33.9 Å². The van der Waals surface area contributed by atoms with Crippen molar-refractivity contribution in [3.05, 3.63) is 93.0 Å². The average molecular weight is 1210 g/mol. The zero-order chi connectivity index (χ0) is 59.3. The van der Waals surface area contributed by atoms with E-state index in [0.717, 1.165) is 56.5 Å². The zero-order valence-corrected chi connectivity index (χ0v) is 45.1. The van der Waals surface area contributed by atoms with E-state index in [2.05, 4.69) is 41.6 Å². The van der Waals surface area contributed by atoms with E-state index >= 15 is 8.78 Å². The van der Waals surface area contributed by atoms with Crippen LogP contribution in [0.2, 0.25) is 5.02 Å². The minimum Gasteiger partial charge on any atom is -0.438 e. The second kappa shape index (κ2) is 22.4. The van der Waals surface area contributed by atoms with Gasteiger partial charge in [-0.05, 0) is 74.4 Å². The molecule has 3 aromatic heterocycles. The van der Waals surface area contributed by atoms with Crippen LogP contribution >= 0.6 is 19.4 Å². The summed E-state index contributed by atoms with van der Waals surface area (Å²) >= 11 is 6.63. The maximum atomic E-state index is 15.8. The summed E-state index contributed by atoms with van der Waals surface area (Å²) in [4.78, 5) is 62.4. The largest absolute Gasteiger partial charge is 0.472 e. The van der Waals surface area contributed by atoms with Gasteiger partial charge in [0.2, 0.25) is 28.6 Å². The fourth-order valence-corrected chi connectivity index (χ4v) is 9.91. The van der Waals surface area contributed by atoms with Gasteiger partial charge in [0.25, 0.3) is 5.92 Å². The highest BCUT2D eigenvalue weighted by molar-refractivity contribution is 7.93. The van der Waals surface area contributed by atoms with Gasteiger partial charge in [-0.15, -0.1) is 0 Å². The van der Waals surface area contributed by atoms with Crippen LogP contribution in [0.3, 0.4) is 0 Å². The number of fused-ring (bicyclic) bond motifs is 2. The monoisotopic (exact) mass is 1210 g/mol. The second-order valence-corrected chi connectivity index (χ2v) is 24.7. The molecule has 0 bridgehead atoms. The van der Waals surface area contributed by atoms with Crippen molar-refractivity contribution in [1.29, 1.82) is 0 Å². The predicted octanol–water partition coefficient (Wildman–Crippen LogP) is 8.00. The number of ether oxygens (including phenoxy) is 1. The number of alkyl halides is 8. The molecule has 0 saturated heterocycles. The van der Waals surface area contributed by atoms with E-state index in [4.69, 9.17) is 21.4 Å². The number of aromatic nitrogens is 5. The number of amides is 2. The molecule has 2 aromatic carbocycles. The first kappa shape index (κ1) is 62.0. The molecule has 1 aliphatic carbocycles. The van der Waals surface area contributed by atoms with Crippen LogP contribution in [0.1, 0.15) is 92.8 Å². The summed E-state index contributed by atoms with van der Waals surface area (Å²) in [5.41, 5.74) is -6.55. The molecule has 0 spiro atoms. The maximum Gasteiger partial charge on any atom is 0.472 e. The van der Waals surface area contributed by atoms with Crippen LogP contribution in [-0.2, 0) is 79.7 Å². The van der Waals surface area contributed by atoms with Crippen molar-refractivity contribution in [2.24, 2.45) is 5.92 Å². The minimum absolute atomic E-state index is 0.0236. The van der Waals surface area contributed by atoms with Gasteiger partial charge in [-0.2, -0.15) is 49.6 Å². The number of nitrogens with one attached hydrogen (secondary N) is 1. The lowest BCUT2D eigenvalue weighted by Gasteiger charge is -2.24. The number of esters is 1. The Hall–Kier alpha value is -6.16. The van der Waals surface area contributed by atoms with Gasteiger partial charge < -0.3 is 19.8 Å². The Balaban J connectivity index is 1.59. The van der Waals surface area contributed by atoms with Gasteiger partial charge in [-0.25, -0.2) is 39.7 Å². The highest BCUT2D eigenvalue weighted by Crippen LogP contribution is 2.55. The lowest BCUT2D eigenvalue weighted by Crippen LogP contribution is -2.36. The Morgan fingerprint density at radius 2 is 1.56 bits per heavy atom. The highest BCUT2D eigenvalue weighted by atomic mass is 35.5. The molecular weight excluding hydrogens is 1160 g/mol. The Labute approximate surface area is 447 Å². The summed E-state index contributed by atoms with van der Waals surface area (Å²) in [5.74, 6) is -9.50. The first-order chi connectivity index (χ1) is 36.1. The fourth-order valence-electron chi connectivity index (χ4n) is 8.35. The Morgan fingerprint density at radius 3 is 2.13 bits per heavy atom. The Bertz CT molecular complexity index is 3580. The molecule has 0 fully saturated rings. The second-order valence-electron chi connectivity index (χ2n) is 18.7. The molecule has 430 valence electrons. The molecule has 3 N–H and O–H groups in total. The van der Waals surface area contributed by atoms with Crippen LogP contribution < -0.4 is 9.62 Å². The number of rotatable bonds is 18. The van der Waals surface area contributed by atoms with Crippen molar-refractivity contribution in [2.45, 2.75) is 101 Å². The lowest BCUT2D eigenvalue weighted by atomic mass is 9.93. The molecule has 5 aromatic rings. The number of phosphoric ester groups is 1. The third-order valence-corrected chi connectivity index (χ3v) is 16.2. The standard InChI is InChI=1S/C46H45ClF10N7O12PS2/c1-23-24(2)45(53,54)41-36(23)40(46(55,56)57)60-62(41)20-33(65)59-32(18-25-16-26(48)19-27(49)17-25)38-29(11-10-28(58-38)14-15-43(3,4)78(5,71)72)30-12-13-31(47)37-39(30)63(21-44(50,51)52)61-42(37)64(79(6,73)74)34(66)8-7-9-35(67)75-22-76-77(68,69)70/h10-13,16-17,19,23-24,32H,7-9,18,20-22H2,1-6H3,(H,59,65)(H2,68,69,70)/t23-,24+,32-/m0/s1. The van der Waals surface area contributed by atoms with Crippen molar-refractivity contribution in [3.8, 4) is 23.0 Å². The molecule has 0 radical (unpaired) electrons. The van der Waals surface area contributed by atoms with Crippen molar-refractivity contribution in [1.82, 2.24) is 29.9 Å². The third-order valence-electron chi connectivity index (χ3n) is 12.4. The van der Waals surface area contributed by atoms with Crippen LogP contribution in [0.15, 0.2) is 42.5 Å². The van der Waals surface area contributed by atoms with Crippen LogP contribution in [0.25, 0.3) is 22.0 Å². The van der Waals surface area contributed by atoms with Gasteiger partial charge in [-0.3, -0.25) is 23.7 Å². The molecule has 0 aliphatic heterocycles. The molecule has 0 saturated carbocycles. The number of benzene rings is 2. The number of carbonyl (C=O) groups excluding carboxylic acids is 3. The highest BCUT2D eigenvalue weighted by Gasteiger charge is 2.57. The van der Waals surface area contributed by atoms with E-state index in [0.29, 0.717) is 12.3 Å². The summed E-state index contributed by atoms with van der Waals surface area (Å²) in [7, 11) is -14.0. The van der Waals surface area contributed by atoms with Crippen LogP contribution in [0.4, 0.5) is 49.7 Å². The number of hydrogen-bond donors (Lipinski definition) is 3. The molecule has 79 heavy (non-hydrogen) atoms. The third kappa shape index (κ3) is 14.2. The van der Waals surface area contributed by atoms with Gasteiger partial charge >= 0.3 is 26.1 Å². The normalized spacial score (nSPS) is 16.3. The minimum atomic E-state index is -5.30. The first-order valence-electron chi connectivity index (χ1n) is 22.8. The van der Waals surface area contributed by atoms with Crippen molar-refractivity contribution in [3.63, 3.8) is 0 Å². The van der Waals surface area contributed by atoms with E-state index in [-0.39, 0.29) is 30.5 Å². The molecule has 1 aliphatic rings. The number of nitrogens with zero attached hydrogens (tertiary/aromatic N) is 6. The van der Waals surface area contributed by atoms with Gasteiger partial charge in [0.1, 0.15) is 40.9 Å². The summed E-state index contributed by atoms with van der Waals surface area (Å²) < 4.78 is 219. The SMILES string of the molecule is C[C@@H]1c2c(C(F)(F)F)nn(CC(=O)N[C@@H](Cc3cc(F)cc(F)c3)c3nc(C#CC(C)(C)S(C)(=O)=O)ccc3-c3ccc(Cl)c4c(N(C(=O)CCCC(=O)OCOP(=O)(O)O)S(C)(=O)=O)nn(CC(F)(F)F)c34)c2C(F)(F)[C@@H]1C. The molecule has 33 heteroatoms. The Morgan fingerprint density at radius 1 is 0.937 bits per heavy atom. The van der Waals surface area contributed by atoms with Crippen LogP contribution in [-0.4, -0.2) is 99.2 Å². The van der Waals surface area contributed by atoms with E-state index in [1.54, 1.807) is 0 Å². The van der Waals surface area contributed by atoms with Crippen LogP contribution in [0.5, 0.6) is 0 Å². The quantitative estimate of drug-likeness (QED) is 0.0247. The van der Waals surface area contributed by atoms with Crippen molar-refractivity contribution >= 4 is 73.8 Å². The van der Waals surface area contributed by atoms with E-state index in [1.807, 2.05) is 0 Å². The van der Waals surface area contributed by atoms with Crippen LogP contribution in [0, 0.1) is 29.4 Å². The smallest absolute Gasteiger partial charge is 0.438 e. The number of phosphoric acid groups is 1. The summed E-state index contributed by atoms with van der Waals surface area (Å²) in [5, 5.41) is 8.42. The maximum absolute atomic E-state index is 15.8. The molecule has 2 amide bonds. The van der Waals surface area contributed by atoms with E-state index in [9.17, 15) is 70.9 Å². The number of carbonyl (C=O) groups is 3. The number of sulfonamides is 1. The van der Waals surface area contributed by atoms with E-state index < -0.39 is 194 Å². The molecule has 3 heterocycles. The topological polar surface area (TPSA) is 259 Å². The predicted molar refractivity (Wildman–Crippen MR) is 260 cm³/mol. The summed E-state index contributed by atoms with van der Waals surface area (Å²) in [6, 6.07) is 4.37. The number of pyridine rings is 1. The first-order valence-corrected chi connectivity index (χ1v) is 28.4. The van der Waals surface area contributed by atoms with Gasteiger partial charge in [0.15, 0.2) is 21.3 Å².